The lowest BCUT2D eigenvalue weighted by molar-refractivity contribution is -0.360. The molecule has 5 N–H and O–H groups in total. The minimum Gasteiger partial charge on any atom is -0.543 e. The molecule has 0 bridgehead atoms. The van der Waals surface area contributed by atoms with Crippen molar-refractivity contribution in [1.82, 2.24) is 9.97 Å². The number of carbonyl (C=O) groups is 1. The van der Waals surface area contributed by atoms with Crippen LogP contribution in [0.2, 0.25) is 0 Å². The molecule has 0 saturated heterocycles. The van der Waals surface area contributed by atoms with E-state index in [0.717, 1.165) is 24.1 Å². The number of H-pyrrole nitrogens is 2. The van der Waals surface area contributed by atoms with Crippen molar-refractivity contribution in [2.45, 2.75) is 5.75 Å². The van der Waals surface area contributed by atoms with Crippen molar-refractivity contribution in [3.8, 4) is 0 Å². The highest BCUT2D eigenvalue weighted by Crippen LogP contribution is 2.09. The van der Waals surface area contributed by atoms with E-state index in [9.17, 15) is 19.5 Å². The Labute approximate surface area is 130 Å². The van der Waals surface area contributed by atoms with Crippen molar-refractivity contribution in [2.75, 3.05) is 12.3 Å². The molecule has 0 aliphatic heterocycles. The highest BCUT2D eigenvalue weighted by atomic mass is 32.2. The van der Waals surface area contributed by atoms with Gasteiger partial charge in [-0.2, -0.15) is 11.8 Å². The first-order chi connectivity index (χ1) is 10.5. The maximum Gasteiger partial charge on any atom is 0.326 e. The van der Waals surface area contributed by atoms with E-state index in [4.69, 9.17) is 0 Å². The van der Waals surface area contributed by atoms with Crippen LogP contribution in [0.5, 0.6) is 0 Å². The van der Waals surface area contributed by atoms with Gasteiger partial charge in [-0.15, -0.1) is 0 Å². The summed E-state index contributed by atoms with van der Waals surface area (Å²) in [5.41, 5.74) is 3.04. The monoisotopic (exact) mass is 323 g/mol. The van der Waals surface area contributed by atoms with E-state index < -0.39 is 22.9 Å². The molecule has 0 fully saturated rings. The van der Waals surface area contributed by atoms with Crippen LogP contribution < -0.4 is 22.1 Å². The largest absolute Gasteiger partial charge is 0.543 e. The number of quaternary nitrogens is 1. The predicted octanol–water partition coefficient (Wildman–Crippen LogP) is -1.41. The van der Waals surface area contributed by atoms with Gasteiger partial charge in [0.2, 0.25) is 0 Å². The van der Waals surface area contributed by atoms with Gasteiger partial charge in [0.1, 0.15) is 0 Å². The molecule has 1 aromatic carbocycles. The molecule has 0 aliphatic carbocycles. The third-order valence-corrected chi connectivity index (χ3v) is 3.50. The number of aromatic amines is 2. The average Bonchev–Trinajstić information content (AvgIpc) is 2.48. The molecule has 0 aliphatic rings. The van der Waals surface area contributed by atoms with E-state index in [1.54, 1.807) is 0 Å². The number of thioether (sulfide) groups is 1. The summed E-state index contributed by atoms with van der Waals surface area (Å²) in [6.07, 6.45) is 0. The molecule has 8 heteroatoms. The van der Waals surface area contributed by atoms with Crippen LogP contribution in [0.1, 0.15) is 16.1 Å². The molecular weight excluding hydrogens is 306 g/mol. The summed E-state index contributed by atoms with van der Waals surface area (Å²) in [7, 11) is 0. The van der Waals surface area contributed by atoms with Gasteiger partial charge in [-0.05, 0) is 5.56 Å². The quantitative estimate of drug-likeness (QED) is 0.581. The average molecular weight is 323 g/mol. The number of rotatable bonds is 5. The Bertz CT molecular complexity index is 669. The van der Waals surface area contributed by atoms with E-state index in [1.165, 1.54) is 5.56 Å². The van der Waals surface area contributed by atoms with Crippen molar-refractivity contribution in [3.05, 3.63) is 68.5 Å². The number of aromatic carboxylic acids is 1. The first-order valence-corrected chi connectivity index (χ1v) is 7.64. The van der Waals surface area contributed by atoms with Crippen LogP contribution in [0.3, 0.4) is 0 Å². The molecule has 1 aromatic heterocycles. The summed E-state index contributed by atoms with van der Waals surface area (Å²) < 4.78 is 0. The van der Waals surface area contributed by atoms with Crippen molar-refractivity contribution >= 4 is 17.7 Å². The van der Waals surface area contributed by atoms with Gasteiger partial charge in [-0.1, -0.05) is 30.3 Å². The normalized spacial score (nSPS) is 9.68. The standard InChI is InChI=1S/C9H13NS.C5H4N2O4/c10-6-7-11-8-9-4-2-1-3-5-9;8-3-1-2(4(9)10)6-5(11)7-3/h1-5H,6-8,10H2;1H,(H,9,10)(H2,6,7,8,11). The number of aromatic nitrogens is 2. The first kappa shape index (κ1) is 17.7. The third kappa shape index (κ3) is 6.91. The van der Waals surface area contributed by atoms with Crippen molar-refractivity contribution in [3.63, 3.8) is 0 Å². The lowest BCUT2D eigenvalue weighted by Crippen LogP contribution is -2.51. The van der Waals surface area contributed by atoms with Crippen molar-refractivity contribution < 1.29 is 15.6 Å². The minimum atomic E-state index is -1.59. The van der Waals surface area contributed by atoms with Crippen molar-refractivity contribution in [2.24, 2.45) is 0 Å². The van der Waals surface area contributed by atoms with Crippen LogP contribution in [0.4, 0.5) is 0 Å². The zero-order valence-electron chi connectivity index (χ0n) is 11.8. The second-order valence-electron chi connectivity index (χ2n) is 4.18. The first-order valence-electron chi connectivity index (χ1n) is 6.49. The van der Waals surface area contributed by atoms with E-state index >= 15 is 0 Å². The van der Waals surface area contributed by atoms with Gasteiger partial charge in [0.05, 0.1) is 18.2 Å². The van der Waals surface area contributed by atoms with Crippen LogP contribution in [0.15, 0.2) is 46.0 Å². The molecule has 118 valence electrons. The van der Waals surface area contributed by atoms with Gasteiger partial charge >= 0.3 is 5.69 Å². The number of carboxylic acids is 1. The topological polar surface area (TPSA) is 133 Å². The van der Waals surface area contributed by atoms with Gasteiger partial charge in [-0.25, -0.2) is 4.79 Å². The van der Waals surface area contributed by atoms with Gasteiger partial charge in [-0.3, -0.25) is 9.78 Å². The molecule has 22 heavy (non-hydrogen) atoms. The van der Waals surface area contributed by atoms with E-state index in [-0.39, 0.29) is 0 Å². The number of nitrogens with one attached hydrogen (secondary N) is 2. The Morgan fingerprint density at radius 1 is 1.18 bits per heavy atom. The smallest absolute Gasteiger partial charge is 0.326 e. The lowest BCUT2D eigenvalue weighted by atomic mass is 10.2. The van der Waals surface area contributed by atoms with Crippen molar-refractivity contribution in [1.29, 1.82) is 0 Å². The molecule has 0 spiro atoms. The molecule has 2 aromatic rings. The summed E-state index contributed by atoms with van der Waals surface area (Å²) in [6.45, 7) is 1.03. The van der Waals surface area contributed by atoms with Gasteiger partial charge in [0, 0.05) is 17.6 Å². The molecule has 0 atom stereocenters. The van der Waals surface area contributed by atoms with E-state index in [2.05, 4.69) is 36.1 Å². The summed E-state index contributed by atoms with van der Waals surface area (Å²) in [6, 6.07) is 11.3. The number of carboxylic acid groups (broad SMARTS) is 1. The SMILES string of the molecule is O=C([O-])c1cc(=O)[nH]c(=O)[nH]1.[NH3+]CCSCc1ccccc1. The summed E-state index contributed by atoms with van der Waals surface area (Å²) >= 11 is 1.94. The molecule has 0 saturated carbocycles. The zero-order valence-corrected chi connectivity index (χ0v) is 12.7. The molecule has 0 amide bonds. The molecule has 1 heterocycles. The molecule has 7 nitrogen and oxygen atoms in total. The Kier molecular flexibility index (Phi) is 7.73. The third-order valence-electron chi connectivity index (χ3n) is 2.38. The molecule has 2 rings (SSSR count). The number of hydrogen-bond acceptors (Lipinski definition) is 5. The molecular formula is C14H17N3O4S. The maximum absolute atomic E-state index is 10.4. The number of hydrogen-bond donors (Lipinski definition) is 3. The lowest BCUT2D eigenvalue weighted by Gasteiger charge is -1.97. The van der Waals surface area contributed by atoms with Crippen LogP contribution in [-0.2, 0) is 5.75 Å². The minimum absolute atomic E-state index is 0.529. The van der Waals surface area contributed by atoms with Crippen LogP contribution in [0, 0.1) is 0 Å². The number of carbonyl (C=O) groups excluding carboxylic acids is 1. The van der Waals surface area contributed by atoms with E-state index in [1.807, 2.05) is 21.7 Å². The second kappa shape index (κ2) is 9.59. The summed E-state index contributed by atoms with van der Waals surface area (Å²) in [5.74, 6) is 0.693. The van der Waals surface area contributed by atoms with E-state index in [0.29, 0.717) is 0 Å². The van der Waals surface area contributed by atoms with Crippen LogP contribution in [-0.4, -0.2) is 28.2 Å². The summed E-state index contributed by atoms with van der Waals surface area (Å²) in [4.78, 5) is 34.6. The Morgan fingerprint density at radius 2 is 1.86 bits per heavy atom. The predicted molar refractivity (Wildman–Crippen MR) is 82.4 cm³/mol. The fourth-order valence-corrected chi connectivity index (χ4v) is 2.22. The van der Waals surface area contributed by atoms with Gasteiger partial charge in [0.15, 0.2) is 0 Å². The molecule has 0 radical (unpaired) electrons. The molecule has 0 unspecified atom stereocenters. The maximum atomic E-state index is 10.4. The highest BCUT2D eigenvalue weighted by molar-refractivity contribution is 7.98. The second-order valence-corrected chi connectivity index (χ2v) is 5.29. The fourth-order valence-electron chi connectivity index (χ4n) is 1.44. The van der Waals surface area contributed by atoms with Crippen LogP contribution >= 0.6 is 11.8 Å². The Hall–Kier alpha value is -2.32. The Morgan fingerprint density at radius 3 is 2.41 bits per heavy atom. The Balaban J connectivity index is 0.000000220. The number of benzene rings is 1. The fraction of sp³-hybridized carbons (Fsp3) is 0.214. The highest BCUT2D eigenvalue weighted by Gasteiger charge is 1.95. The van der Waals surface area contributed by atoms with Gasteiger partial charge in [0.25, 0.3) is 5.56 Å². The van der Waals surface area contributed by atoms with Gasteiger partial charge < -0.3 is 20.6 Å². The summed E-state index contributed by atoms with van der Waals surface area (Å²) in [5, 5.41) is 10.1. The zero-order chi connectivity index (χ0) is 16.4. The van der Waals surface area contributed by atoms with Crippen LogP contribution in [0.25, 0.3) is 0 Å².